The Morgan fingerprint density at radius 1 is 1.46 bits per heavy atom. The zero-order valence-corrected chi connectivity index (χ0v) is 7.78. The van der Waals surface area contributed by atoms with Gasteiger partial charge in [-0.2, -0.15) is 0 Å². The van der Waals surface area contributed by atoms with Gasteiger partial charge in [0.15, 0.2) is 6.29 Å². The normalized spacial score (nSPS) is 24.2. The van der Waals surface area contributed by atoms with E-state index in [0.717, 1.165) is 18.4 Å². The fraction of sp³-hybridized carbons (Fsp3) is 0.636. The molecule has 2 aliphatic carbocycles. The second-order valence-corrected chi connectivity index (χ2v) is 3.81. The third-order valence-electron chi connectivity index (χ3n) is 2.50. The van der Waals surface area contributed by atoms with Crippen LogP contribution in [0.2, 0.25) is 0 Å². The van der Waals surface area contributed by atoms with Crippen LogP contribution in [0.25, 0.3) is 0 Å². The van der Waals surface area contributed by atoms with Crippen molar-refractivity contribution in [2.24, 2.45) is 5.92 Å². The van der Waals surface area contributed by atoms with Crippen LogP contribution in [0.1, 0.15) is 25.7 Å². The van der Waals surface area contributed by atoms with E-state index in [1.54, 1.807) is 0 Å². The molecule has 0 heterocycles. The van der Waals surface area contributed by atoms with Gasteiger partial charge in [0, 0.05) is 5.57 Å². The first-order valence-corrected chi connectivity index (χ1v) is 5.02. The van der Waals surface area contributed by atoms with Gasteiger partial charge in [-0.05, 0) is 31.6 Å². The lowest BCUT2D eigenvalue weighted by molar-refractivity contribution is -0.0739. The first-order chi connectivity index (χ1) is 6.36. The van der Waals surface area contributed by atoms with E-state index >= 15 is 0 Å². The molecule has 1 atom stereocenters. The summed E-state index contributed by atoms with van der Waals surface area (Å²) in [5.41, 5.74) is 0.923. The quantitative estimate of drug-likeness (QED) is 0.670. The molecule has 1 N–H and O–H groups in total. The largest absolute Gasteiger partial charge is 0.364 e. The van der Waals surface area contributed by atoms with Gasteiger partial charge >= 0.3 is 0 Å². The molecule has 0 saturated heterocycles. The Balaban J connectivity index is 1.77. The molecular weight excluding hydrogens is 164 g/mol. The fourth-order valence-corrected chi connectivity index (χ4v) is 1.42. The Kier molecular flexibility index (Phi) is 2.81. The van der Waals surface area contributed by atoms with Crippen molar-refractivity contribution in [1.82, 2.24) is 0 Å². The van der Waals surface area contributed by atoms with Gasteiger partial charge in [0.1, 0.15) is 0 Å². The van der Waals surface area contributed by atoms with Crippen molar-refractivity contribution >= 4 is 0 Å². The van der Waals surface area contributed by atoms with Crippen molar-refractivity contribution in [2.75, 3.05) is 6.61 Å². The molecule has 2 nitrogen and oxygen atoms in total. The highest BCUT2D eigenvalue weighted by Crippen LogP contribution is 2.29. The zero-order valence-electron chi connectivity index (χ0n) is 7.78. The van der Waals surface area contributed by atoms with Crippen molar-refractivity contribution in [3.63, 3.8) is 0 Å². The maximum absolute atomic E-state index is 9.61. The molecule has 13 heavy (non-hydrogen) atoms. The van der Waals surface area contributed by atoms with Gasteiger partial charge in [-0.3, -0.25) is 0 Å². The summed E-state index contributed by atoms with van der Waals surface area (Å²) in [7, 11) is 0. The molecule has 2 aliphatic rings. The molecule has 1 fully saturated rings. The number of aliphatic hydroxyl groups is 1. The topological polar surface area (TPSA) is 29.5 Å². The van der Waals surface area contributed by atoms with E-state index in [9.17, 15) is 5.11 Å². The third kappa shape index (κ3) is 2.68. The van der Waals surface area contributed by atoms with Crippen molar-refractivity contribution in [3.05, 3.63) is 23.8 Å². The summed E-state index contributed by atoms with van der Waals surface area (Å²) in [6, 6.07) is 0. The van der Waals surface area contributed by atoms with Crippen LogP contribution in [0.3, 0.4) is 0 Å². The van der Waals surface area contributed by atoms with Gasteiger partial charge in [-0.1, -0.05) is 18.2 Å². The van der Waals surface area contributed by atoms with Crippen molar-refractivity contribution in [3.8, 4) is 0 Å². The highest BCUT2D eigenvalue weighted by atomic mass is 16.6. The van der Waals surface area contributed by atoms with Gasteiger partial charge in [0.05, 0.1) is 6.61 Å². The van der Waals surface area contributed by atoms with Crippen LogP contribution < -0.4 is 0 Å². The van der Waals surface area contributed by atoms with Crippen molar-refractivity contribution in [2.45, 2.75) is 32.0 Å². The monoisotopic (exact) mass is 180 g/mol. The predicted octanol–water partition coefficient (Wildman–Crippen LogP) is 2.01. The molecule has 0 aromatic heterocycles. The van der Waals surface area contributed by atoms with Gasteiger partial charge < -0.3 is 9.84 Å². The first-order valence-electron chi connectivity index (χ1n) is 5.02. The van der Waals surface area contributed by atoms with Gasteiger partial charge in [-0.25, -0.2) is 0 Å². The van der Waals surface area contributed by atoms with Crippen molar-refractivity contribution < 1.29 is 9.84 Å². The van der Waals surface area contributed by atoms with E-state index in [4.69, 9.17) is 4.74 Å². The Hall–Kier alpha value is -0.600. The highest BCUT2D eigenvalue weighted by molar-refractivity contribution is 5.24. The SMILES string of the molecule is OC(OCC1CC1)C1=CCCC=C1. The summed E-state index contributed by atoms with van der Waals surface area (Å²) < 4.78 is 5.34. The number of hydrogen-bond donors (Lipinski definition) is 1. The lowest BCUT2D eigenvalue weighted by Gasteiger charge is -2.14. The van der Waals surface area contributed by atoms with Crippen LogP contribution in [-0.4, -0.2) is 18.0 Å². The number of ether oxygens (including phenoxy) is 1. The number of allylic oxidation sites excluding steroid dienone is 2. The highest BCUT2D eigenvalue weighted by Gasteiger charge is 2.23. The van der Waals surface area contributed by atoms with Crippen LogP contribution in [0, 0.1) is 5.92 Å². The maximum atomic E-state index is 9.61. The van der Waals surface area contributed by atoms with E-state index in [0.29, 0.717) is 12.5 Å². The molecule has 0 aromatic carbocycles. The molecule has 72 valence electrons. The van der Waals surface area contributed by atoms with E-state index in [1.807, 2.05) is 6.08 Å². The molecule has 0 spiro atoms. The first kappa shape index (κ1) is 8.97. The van der Waals surface area contributed by atoms with Gasteiger partial charge in [0.25, 0.3) is 0 Å². The number of aliphatic hydroxyl groups excluding tert-OH is 1. The minimum atomic E-state index is -0.697. The zero-order chi connectivity index (χ0) is 9.10. The molecule has 0 aromatic rings. The van der Waals surface area contributed by atoms with Crippen LogP contribution in [0.15, 0.2) is 23.8 Å². The summed E-state index contributed by atoms with van der Waals surface area (Å²) in [5.74, 6) is 0.711. The standard InChI is InChI=1S/C11H16O2/c12-11(13-8-9-6-7-9)10-4-2-1-3-5-10/h2,4-5,9,11-12H,1,3,6-8H2. The second kappa shape index (κ2) is 4.07. The van der Waals surface area contributed by atoms with Gasteiger partial charge in [-0.15, -0.1) is 0 Å². The smallest absolute Gasteiger partial charge is 0.180 e. The lowest BCUT2D eigenvalue weighted by Crippen LogP contribution is -2.16. The minimum absolute atomic E-state index is 0.697. The van der Waals surface area contributed by atoms with E-state index in [1.165, 1.54) is 12.8 Å². The van der Waals surface area contributed by atoms with E-state index in [2.05, 4.69) is 12.2 Å². The Bertz CT molecular complexity index is 226. The second-order valence-electron chi connectivity index (χ2n) is 3.81. The molecule has 0 amide bonds. The van der Waals surface area contributed by atoms with E-state index < -0.39 is 6.29 Å². The van der Waals surface area contributed by atoms with Crippen LogP contribution >= 0.6 is 0 Å². The third-order valence-corrected chi connectivity index (χ3v) is 2.50. The molecule has 2 heteroatoms. The molecule has 1 saturated carbocycles. The van der Waals surface area contributed by atoms with Crippen molar-refractivity contribution in [1.29, 1.82) is 0 Å². The molecule has 1 unspecified atom stereocenters. The summed E-state index contributed by atoms with van der Waals surface area (Å²) in [6.45, 7) is 0.715. The molecule has 0 radical (unpaired) electrons. The van der Waals surface area contributed by atoms with Gasteiger partial charge in [0.2, 0.25) is 0 Å². The summed E-state index contributed by atoms with van der Waals surface area (Å²) in [6.07, 6.45) is 10.0. The molecule has 0 bridgehead atoms. The minimum Gasteiger partial charge on any atom is -0.364 e. The van der Waals surface area contributed by atoms with Crippen LogP contribution in [0.4, 0.5) is 0 Å². The fourth-order valence-electron chi connectivity index (χ4n) is 1.42. The molecule has 0 aliphatic heterocycles. The summed E-state index contributed by atoms with van der Waals surface area (Å²) in [5, 5.41) is 9.61. The Morgan fingerprint density at radius 2 is 2.31 bits per heavy atom. The predicted molar refractivity (Wildman–Crippen MR) is 51.1 cm³/mol. The van der Waals surface area contributed by atoms with Crippen LogP contribution in [0.5, 0.6) is 0 Å². The average molecular weight is 180 g/mol. The maximum Gasteiger partial charge on any atom is 0.180 e. The number of rotatable bonds is 4. The average Bonchev–Trinajstić information content (AvgIpc) is 2.99. The summed E-state index contributed by atoms with van der Waals surface area (Å²) in [4.78, 5) is 0. The molecular formula is C11H16O2. The van der Waals surface area contributed by atoms with E-state index in [-0.39, 0.29) is 0 Å². The Labute approximate surface area is 78.9 Å². The molecule has 2 rings (SSSR count). The van der Waals surface area contributed by atoms with Crippen LogP contribution in [-0.2, 0) is 4.74 Å². The Morgan fingerprint density at radius 3 is 2.92 bits per heavy atom. The number of hydrogen-bond acceptors (Lipinski definition) is 2. The summed E-state index contributed by atoms with van der Waals surface area (Å²) >= 11 is 0. The lowest BCUT2D eigenvalue weighted by atomic mass is 10.1.